The molecule has 3 nitrogen and oxygen atoms in total. The molecule has 0 radical (unpaired) electrons. The van der Waals surface area contributed by atoms with Gasteiger partial charge in [-0.25, -0.2) is 0 Å². The zero-order chi connectivity index (χ0) is 32.9. The van der Waals surface area contributed by atoms with Crippen molar-refractivity contribution in [3.8, 4) is 22.6 Å². The zero-order valence-corrected chi connectivity index (χ0v) is 28.5. The Morgan fingerprint density at radius 1 is 0.562 bits per heavy atom. The normalized spacial score (nSPS) is 13.7. The van der Waals surface area contributed by atoms with Crippen LogP contribution in [-0.2, 0) is 10.8 Å². The van der Waals surface area contributed by atoms with Crippen molar-refractivity contribution in [2.45, 2.75) is 52.4 Å². The Bertz CT molecular complexity index is 2380. The SMILES string of the molecule is CC(C)(C)c1cc(N2c3cc4ccn(-c5ccccc5)c4c4c3B(Oc3ccccc3-4)c3c2ccc2ccccc32)cc(C(C)(C)C)c1. The van der Waals surface area contributed by atoms with E-state index in [1.807, 2.05) is 0 Å². The van der Waals surface area contributed by atoms with E-state index in [4.69, 9.17) is 4.65 Å². The molecular formula is C44H39BN2O. The Morgan fingerprint density at radius 2 is 1.25 bits per heavy atom. The quantitative estimate of drug-likeness (QED) is 0.179. The summed E-state index contributed by atoms with van der Waals surface area (Å²) in [4.78, 5) is 2.53. The van der Waals surface area contributed by atoms with E-state index in [1.54, 1.807) is 0 Å². The van der Waals surface area contributed by atoms with Crippen LogP contribution >= 0.6 is 0 Å². The van der Waals surface area contributed by atoms with E-state index < -0.39 is 0 Å². The summed E-state index contributed by atoms with van der Waals surface area (Å²) >= 11 is 0. The smallest absolute Gasteiger partial charge is 0.432 e. The summed E-state index contributed by atoms with van der Waals surface area (Å²) in [5, 5.41) is 3.65. The molecule has 0 amide bonds. The Morgan fingerprint density at radius 3 is 2.00 bits per heavy atom. The first-order valence-electron chi connectivity index (χ1n) is 17.1. The molecule has 0 unspecified atom stereocenters. The third-order valence-electron chi connectivity index (χ3n) is 10.3. The second-order valence-electron chi connectivity index (χ2n) is 15.5. The molecule has 1 aromatic heterocycles. The van der Waals surface area contributed by atoms with Crippen LogP contribution in [0.3, 0.4) is 0 Å². The maximum absolute atomic E-state index is 7.15. The summed E-state index contributed by atoms with van der Waals surface area (Å²) in [6, 6.07) is 44.5. The second kappa shape index (κ2) is 10.1. The Kier molecular flexibility index (Phi) is 6.12. The van der Waals surface area contributed by atoms with Crippen molar-refractivity contribution in [1.29, 1.82) is 0 Å². The summed E-state index contributed by atoms with van der Waals surface area (Å²) in [6.07, 6.45) is 2.22. The van der Waals surface area contributed by atoms with Gasteiger partial charge in [-0.05, 0) is 81.3 Å². The van der Waals surface area contributed by atoms with Gasteiger partial charge in [0.25, 0.3) is 0 Å². The minimum absolute atomic E-state index is 0.0150. The molecule has 234 valence electrons. The summed E-state index contributed by atoms with van der Waals surface area (Å²) in [6.45, 7) is 13.6. The molecule has 2 aliphatic rings. The lowest BCUT2D eigenvalue weighted by Gasteiger charge is -2.41. The number of hydrogen-bond donors (Lipinski definition) is 0. The number of hydrogen-bond acceptors (Lipinski definition) is 2. The average Bonchev–Trinajstić information content (AvgIpc) is 3.51. The molecule has 0 atom stereocenters. The molecule has 2 aliphatic heterocycles. The molecule has 0 N–H and O–H groups in total. The molecule has 4 heteroatoms. The summed E-state index contributed by atoms with van der Waals surface area (Å²) < 4.78 is 9.50. The Hall–Kier alpha value is -5.22. The van der Waals surface area contributed by atoms with E-state index in [2.05, 4.69) is 179 Å². The molecule has 0 aliphatic carbocycles. The number of para-hydroxylation sites is 2. The molecule has 7 aromatic rings. The largest absolute Gasteiger partial charge is 0.551 e. The number of nitrogens with zero attached hydrogens (tertiary/aromatic N) is 2. The van der Waals surface area contributed by atoms with E-state index >= 15 is 0 Å². The second-order valence-corrected chi connectivity index (χ2v) is 15.5. The molecule has 0 saturated heterocycles. The van der Waals surface area contributed by atoms with E-state index in [9.17, 15) is 0 Å². The van der Waals surface area contributed by atoms with Gasteiger partial charge in [-0.2, -0.15) is 0 Å². The number of benzene rings is 6. The van der Waals surface area contributed by atoms with Crippen LogP contribution in [0.25, 0.3) is 38.5 Å². The molecule has 0 bridgehead atoms. The van der Waals surface area contributed by atoms with E-state index in [-0.39, 0.29) is 17.7 Å². The number of aromatic nitrogens is 1. The lowest BCUT2D eigenvalue weighted by molar-refractivity contribution is 0.568. The van der Waals surface area contributed by atoms with Crippen LogP contribution in [-0.4, -0.2) is 11.5 Å². The van der Waals surface area contributed by atoms with Crippen LogP contribution in [0.2, 0.25) is 0 Å². The number of anilines is 3. The van der Waals surface area contributed by atoms with Gasteiger partial charge in [-0.3, -0.25) is 0 Å². The van der Waals surface area contributed by atoms with Crippen LogP contribution in [0.1, 0.15) is 52.7 Å². The fourth-order valence-electron chi connectivity index (χ4n) is 7.77. The Labute approximate surface area is 283 Å². The predicted octanol–water partition coefficient (Wildman–Crippen LogP) is 10.3. The summed E-state index contributed by atoms with van der Waals surface area (Å²) in [5.74, 6) is 0.923. The van der Waals surface area contributed by atoms with Crippen molar-refractivity contribution in [1.82, 2.24) is 4.57 Å². The van der Waals surface area contributed by atoms with Crippen molar-refractivity contribution >= 4 is 56.6 Å². The first kappa shape index (κ1) is 29.0. The van der Waals surface area contributed by atoms with Gasteiger partial charge in [0.05, 0.1) is 5.52 Å². The van der Waals surface area contributed by atoms with E-state index in [0.717, 1.165) is 17.0 Å². The fourth-order valence-corrected chi connectivity index (χ4v) is 7.77. The predicted molar refractivity (Wildman–Crippen MR) is 204 cm³/mol. The average molecular weight is 623 g/mol. The van der Waals surface area contributed by atoms with Gasteiger partial charge in [-0.1, -0.05) is 114 Å². The van der Waals surface area contributed by atoms with Crippen molar-refractivity contribution in [2.75, 3.05) is 4.90 Å². The van der Waals surface area contributed by atoms with Gasteiger partial charge in [-0.15, -0.1) is 0 Å². The van der Waals surface area contributed by atoms with E-state index in [1.165, 1.54) is 66.4 Å². The topological polar surface area (TPSA) is 17.4 Å². The highest BCUT2D eigenvalue weighted by molar-refractivity contribution is 6.87. The molecule has 9 rings (SSSR count). The monoisotopic (exact) mass is 622 g/mol. The van der Waals surface area contributed by atoms with Crippen LogP contribution in [0.4, 0.5) is 17.1 Å². The van der Waals surface area contributed by atoms with Crippen molar-refractivity contribution in [3.05, 3.63) is 139 Å². The lowest BCUT2D eigenvalue weighted by atomic mass is 9.48. The molecule has 6 aromatic carbocycles. The molecule has 3 heterocycles. The minimum Gasteiger partial charge on any atom is -0.551 e. The third-order valence-corrected chi connectivity index (χ3v) is 10.3. The number of fused-ring (bicyclic) bond motifs is 8. The summed E-state index contributed by atoms with van der Waals surface area (Å²) in [5.41, 5.74) is 13.3. The van der Waals surface area contributed by atoms with Crippen LogP contribution in [0.5, 0.6) is 5.75 Å². The molecule has 48 heavy (non-hydrogen) atoms. The van der Waals surface area contributed by atoms with Crippen LogP contribution < -0.4 is 20.5 Å². The van der Waals surface area contributed by atoms with Gasteiger partial charge >= 0.3 is 6.92 Å². The first-order chi connectivity index (χ1) is 23.1. The molecule has 0 fully saturated rings. The standard InChI is InChI=1S/C44H39BN2O/c1-43(2,3)30-25-31(44(4,5)6)27-33(26-30)47-36-21-20-28-14-10-11-17-34(28)40(36)45-41-37(47)24-29-22-23-46(32-15-8-7-9-16-32)42(29)39(41)35-18-12-13-19-38(35)48-45/h7-27H,1-6H3. The Balaban J connectivity index is 1.45. The first-order valence-corrected chi connectivity index (χ1v) is 17.1. The summed E-state index contributed by atoms with van der Waals surface area (Å²) in [7, 11) is 0. The fraction of sp³-hybridized carbons (Fsp3) is 0.182. The van der Waals surface area contributed by atoms with Gasteiger partial charge in [0.2, 0.25) is 0 Å². The van der Waals surface area contributed by atoms with Crippen molar-refractivity contribution in [3.63, 3.8) is 0 Å². The van der Waals surface area contributed by atoms with Crippen LogP contribution in [0, 0.1) is 0 Å². The van der Waals surface area contributed by atoms with Crippen molar-refractivity contribution in [2.24, 2.45) is 0 Å². The van der Waals surface area contributed by atoms with E-state index in [0.29, 0.717) is 0 Å². The third kappa shape index (κ3) is 4.28. The van der Waals surface area contributed by atoms with Crippen molar-refractivity contribution < 1.29 is 4.65 Å². The molecule has 0 saturated carbocycles. The van der Waals surface area contributed by atoms with Gasteiger partial charge in [0.1, 0.15) is 5.75 Å². The maximum atomic E-state index is 7.15. The highest BCUT2D eigenvalue weighted by atomic mass is 16.4. The highest BCUT2D eigenvalue weighted by Gasteiger charge is 2.45. The van der Waals surface area contributed by atoms with Gasteiger partial charge in [0.15, 0.2) is 0 Å². The van der Waals surface area contributed by atoms with Gasteiger partial charge in [0, 0.05) is 56.4 Å². The maximum Gasteiger partial charge on any atom is 0.432 e. The number of rotatable bonds is 2. The molecular weight excluding hydrogens is 583 g/mol. The lowest BCUT2D eigenvalue weighted by Crippen LogP contribution is -2.56. The molecule has 0 spiro atoms. The van der Waals surface area contributed by atoms with Gasteiger partial charge < -0.3 is 14.1 Å². The van der Waals surface area contributed by atoms with Crippen LogP contribution in [0.15, 0.2) is 128 Å². The minimum atomic E-state index is -0.265. The highest BCUT2D eigenvalue weighted by Crippen LogP contribution is 2.48. The zero-order valence-electron chi connectivity index (χ0n) is 28.5.